The molecule has 0 aliphatic heterocycles. The highest BCUT2D eigenvalue weighted by Gasteiger charge is 2.13. The molecule has 0 saturated carbocycles. The second-order valence-corrected chi connectivity index (χ2v) is 4.17. The molecule has 1 rings (SSSR count). The van der Waals surface area contributed by atoms with Gasteiger partial charge in [-0.25, -0.2) is 4.39 Å². The average molecular weight is 275 g/mol. The van der Waals surface area contributed by atoms with Crippen LogP contribution in [-0.4, -0.2) is 12.5 Å². The zero-order valence-corrected chi connectivity index (χ0v) is 9.84. The molecule has 82 valence electrons. The fourth-order valence-corrected chi connectivity index (χ4v) is 1.32. The molecule has 0 spiro atoms. The van der Waals surface area contributed by atoms with E-state index in [-0.39, 0.29) is 24.1 Å². The van der Waals surface area contributed by atoms with Crippen molar-refractivity contribution in [1.29, 1.82) is 0 Å². The number of halogens is 2. The Hall–Kier alpha value is -0.940. The average Bonchev–Trinajstić information content (AvgIpc) is 2.22. The van der Waals surface area contributed by atoms with Gasteiger partial charge in [-0.15, -0.1) is 0 Å². The molecule has 0 fully saturated rings. The van der Waals surface area contributed by atoms with E-state index in [1.165, 1.54) is 12.1 Å². The number of hydrogen-bond acceptors (Lipinski definition) is 2. The number of hydrogen-bond donors (Lipinski definition) is 2. The molecule has 0 radical (unpaired) electrons. The summed E-state index contributed by atoms with van der Waals surface area (Å²) in [5, 5.41) is 2.48. The van der Waals surface area contributed by atoms with Crippen LogP contribution in [0.1, 0.15) is 6.92 Å². The molecule has 1 aromatic carbocycles. The number of carbonyl (C=O) groups excluding carboxylic acids is 1. The van der Waals surface area contributed by atoms with Gasteiger partial charge in [-0.05, 0) is 18.2 Å². The van der Waals surface area contributed by atoms with Crippen LogP contribution in [0.3, 0.4) is 0 Å². The van der Waals surface area contributed by atoms with Gasteiger partial charge in [-0.1, -0.05) is 22.9 Å². The van der Waals surface area contributed by atoms with Crippen molar-refractivity contribution in [1.82, 2.24) is 0 Å². The number of rotatable bonds is 3. The van der Waals surface area contributed by atoms with Crippen molar-refractivity contribution in [3.8, 4) is 0 Å². The summed E-state index contributed by atoms with van der Waals surface area (Å²) < 4.78 is 13.9. The number of nitrogens with one attached hydrogen (secondary N) is 1. The molecule has 1 amide bonds. The van der Waals surface area contributed by atoms with Gasteiger partial charge in [0.05, 0.1) is 5.69 Å². The Morgan fingerprint density at radius 3 is 2.93 bits per heavy atom. The molecule has 0 heterocycles. The molecule has 15 heavy (non-hydrogen) atoms. The Morgan fingerprint density at radius 1 is 1.67 bits per heavy atom. The monoisotopic (exact) mass is 274 g/mol. The summed E-state index contributed by atoms with van der Waals surface area (Å²) in [6.45, 7) is 1.92. The van der Waals surface area contributed by atoms with Crippen LogP contribution < -0.4 is 11.1 Å². The van der Waals surface area contributed by atoms with E-state index in [4.69, 9.17) is 5.73 Å². The lowest BCUT2D eigenvalue weighted by Gasteiger charge is -2.10. The highest BCUT2D eigenvalue weighted by Crippen LogP contribution is 2.20. The van der Waals surface area contributed by atoms with E-state index in [1.807, 2.05) is 0 Å². The van der Waals surface area contributed by atoms with E-state index in [0.29, 0.717) is 4.47 Å². The molecule has 0 saturated heterocycles. The van der Waals surface area contributed by atoms with Gasteiger partial charge in [0.2, 0.25) is 5.91 Å². The van der Waals surface area contributed by atoms with Crippen LogP contribution in [0, 0.1) is 11.7 Å². The molecule has 0 aromatic heterocycles. The summed E-state index contributed by atoms with van der Waals surface area (Å²) in [5.74, 6) is -1.08. The Labute approximate surface area is 96.0 Å². The molecule has 0 aliphatic carbocycles. The Bertz CT molecular complexity index is 370. The van der Waals surface area contributed by atoms with Crippen LogP contribution in [-0.2, 0) is 4.79 Å². The van der Waals surface area contributed by atoms with E-state index in [2.05, 4.69) is 21.2 Å². The van der Waals surface area contributed by atoms with Crippen molar-refractivity contribution >= 4 is 27.5 Å². The summed E-state index contributed by atoms with van der Waals surface area (Å²) in [6.07, 6.45) is 0. The number of anilines is 1. The second-order valence-electron chi connectivity index (χ2n) is 3.25. The molecular formula is C10H12BrFN2O. The van der Waals surface area contributed by atoms with Gasteiger partial charge in [0, 0.05) is 16.9 Å². The summed E-state index contributed by atoms with van der Waals surface area (Å²) in [6, 6.07) is 4.36. The van der Waals surface area contributed by atoms with E-state index >= 15 is 0 Å². The SMILES string of the molecule is CC(CN)C(=O)Nc1cc(Br)ccc1F. The first kappa shape index (κ1) is 12.1. The van der Waals surface area contributed by atoms with E-state index in [9.17, 15) is 9.18 Å². The molecule has 1 atom stereocenters. The van der Waals surface area contributed by atoms with Crippen molar-refractivity contribution in [2.24, 2.45) is 11.7 Å². The molecule has 0 aliphatic rings. The number of nitrogens with two attached hydrogens (primary N) is 1. The van der Waals surface area contributed by atoms with Gasteiger partial charge in [0.25, 0.3) is 0 Å². The largest absolute Gasteiger partial charge is 0.330 e. The minimum absolute atomic E-state index is 0.162. The smallest absolute Gasteiger partial charge is 0.228 e. The van der Waals surface area contributed by atoms with Gasteiger partial charge >= 0.3 is 0 Å². The fraction of sp³-hybridized carbons (Fsp3) is 0.300. The van der Waals surface area contributed by atoms with Crippen LogP contribution in [0.5, 0.6) is 0 Å². The van der Waals surface area contributed by atoms with Crippen molar-refractivity contribution < 1.29 is 9.18 Å². The zero-order chi connectivity index (χ0) is 11.4. The van der Waals surface area contributed by atoms with E-state index < -0.39 is 5.82 Å². The zero-order valence-electron chi connectivity index (χ0n) is 8.26. The Kier molecular flexibility index (Phi) is 4.23. The van der Waals surface area contributed by atoms with Gasteiger partial charge in [-0.3, -0.25) is 4.79 Å². The van der Waals surface area contributed by atoms with Crippen LogP contribution in [0.15, 0.2) is 22.7 Å². The molecule has 1 unspecified atom stereocenters. The lowest BCUT2D eigenvalue weighted by Crippen LogP contribution is -2.27. The third-order valence-electron chi connectivity index (χ3n) is 1.99. The molecule has 1 aromatic rings. The van der Waals surface area contributed by atoms with Crippen LogP contribution >= 0.6 is 15.9 Å². The summed E-state index contributed by atoms with van der Waals surface area (Å²) in [4.78, 5) is 11.4. The summed E-state index contributed by atoms with van der Waals surface area (Å²) >= 11 is 3.20. The normalized spacial score (nSPS) is 12.3. The summed E-state index contributed by atoms with van der Waals surface area (Å²) in [5.41, 5.74) is 5.49. The summed E-state index contributed by atoms with van der Waals surface area (Å²) in [7, 11) is 0. The topological polar surface area (TPSA) is 55.1 Å². The van der Waals surface area contributed by atoms with Gasteiger partial charge in [0.15, 0.2) is 0 Å². The molecule has 5 heteroatoms. The first-order chi connectivity index (χ1) is 7.04. The Morgan fingerprint density at radius 2 is 2.33 bits per heavy atom. The van der Waals surface area contributed by atoms with Gasteiger partial charge in [-0.2, -0.15) is 0 Å². The maximum absolute atomic E-state index is 13.2. The highest BCUT2D eigenvalue weighted by atomic mass is 79.9. The van der Waals surface area contributed by atoms with Gasteiger partial charge < -0.3 is 11.1 Å². The number of amides is 1. The highest BCUT2D eigenvalue weighted by molar-refractivity contribution is 9.10. The lowest BCUT2D eigenvalue weighted by atomic mass is 10.1. The Balaban J connectivity index is 2.80. The van der Waals surface area contributed by atoms with Gasteiger partial charge in [0.1, 0.15) is 5.82 Å². The standard InChI is InChI=1S/C10H12BrFN2O/c1-6(5-13)10(15)14-9-4-7(11)2-3-8(9)12/h2-4,6H,5,13H2,1H3,(H,14,15). The lowest BCUT2D eigenvalue weighted by molar-refractivity contribution is -0.119. The minimum Gasteiger partial charge on any atom is -0.330 e. The maximum atomic E-state index is 13.2. The predicted octanol–water partition coefficient (Wildman–Crippen LogP) is 2.12. The predicted molar refractivity (Wildman–Crippen MR) is 60.9 cm³/mol. The van der Waals surface area contributed by atoms with Crippen LogP contribution in [0.2, 0.25) is 0 Å². The third kappa shape index (κ3) is 3.28. The quantitative estimate of drug-likeness (QED) is 0.887. The van der Waals surface area contributed by atoms with Crippen LogP contribution in [0.25, 0.3) is 0 Å². The van der Waals surface area contributed by atoms with E-state index in [1.54, 1.807) is 13.0 Å². The fourth-order valence-electron chi connectivity index (χ4n) is 0.956. The second kappa shape index (κ2) is 5.23. The first-order valence-electron chi connectivity index (χ1n) is 4.50. The number of benzene rings is 1. The van der Waals surface area contributed by atoms with Crippen molar-refractivity contribution in [3.63, 3.8) is 0 Å². The molecule has 3 nitrogen and oxygen atoms in total. The first-order valence-corrected chi connectivity index (χ1v) is 5.30. The minimum atomic E-state index is -0.462. The van der Waals surface area contributed by atoms with Crippen LogP contribution in [0.4, 0.5) is 10.1 Å². The molecule has 0 bridgehead atoms. The van der Waals surface area contributed by atoms with Crippen molar-refractivity contribution in [3.05, 3.63) is 28.5 Å². The van der Waals surface area contributed by atoms with E-state index in [0.717, 1.165) is 0 Å². The molecule has 3 N–H and O–H groups in total. The van der Waals surface area contributed by atoms with Crippen molar-refractivity contribution in [2.45, 2.75) is 6.92 Å². The number of carbonyl (C=O) groups is 1. The maximum Gasteiger partial charge on any atom is 0.228 e. The van der Waals surface area contributed by atoms with Crippen molar-refractivity contribution in [2.75, 3.05) is 11.9 Å². The third-order valence-corrected chi connectivity index (χ3v) is 2.48. The molecular weight excluding hydrogens is 263 g/mol.